The monoisotopic (exact) mass is 432 g/mol. The zero-order valence-electron chi connectivity index (χ0n) is 14.4. The van der Waals surface area contributed by atoms with Gasteiger partial charge in [0.1, 0.15) is 10.5 Å². The van der Waals surface area contributed by atoms with Crippen molar-refractivity contribution in [1.82, 2.24) is 10.6 Å². The molecular formula is C20H14Cl2N2O3S. The Balaban J connectivity index is 1.34. The maximum Gasteiger partial charge on any atom is 0.287 e. The highest BCUT2D eigenvalue weighted by Gasteiger charge is 2.17. The number of carbonyl (C=O) groups is 2. The van der Waals surface area contributed by atoms with Crippen molar-refractivity contribution in [2.75, 3.05) is 13.1 Å². The summed E-state index contributed by atoms with van der Waals surface area (Å²) in [5, 5.41) is 8.12. The minimum absolute atomic E-state index is 0.233. The Hall–Kier alpha value is -2.54. The Morgan fingerprint density at radius 2 is 1.71 bits per heavy atom. The molecule has 5 nitrogen and oxygen atoms in total. The molecule has 4 rings (SSSR count). The molecule has 0 spiro atoms. The second kappa shape index (κ2) is 7.83. The molecule has 2 aromatic heterocycles. The molecule has 0 unspecified atom stereocenters. The number of para-hydroxylation sites is 1. The van der Waals surface area contributed by atoms with Crippen LogP contribution in [-0.2, 0) is 0 Å². The van der Waals surface area contributed by atoms with Crippen LogP contribution < -0.4 is 10.6 Å². The predicted molar refractivity (Wildman–Crippen MR) is 113 cm³/mol. The highest BCUT2D eigenvalue weighted by atomic mass is 35.5. The molecule has 142 valence electrons. The summed E-state index contributed by atoms with van der Waals surface area (Å²) in [6.45, 7) is 0.520. The SMILES string of the molecule is O=C(NCCNC(=O)c1sc2cc(Cl)ccc2c1Cl)c1cc2ccccc2o1. The number of hydrogen-bond acceptors (Lipinski definition) is 4. The van der Waals surface area contributed by atoms with Gasteiger partial charge in [-0.15, -0.1) is 11.3 Å². The topological polar surface area (TPSA) is 71.3 Å². The standard InChI is InChI=1S/C20H14Cl2N2O3S/c21-12-5-6-13-16(10-12)28-18(17(13)22)20(26)24-8-7-23-19(25)15-9-11-3-1-2-4-14(11)27-15/h1-6,9-10H,7-8H2,(H,23,25)(H,24,26). The first-order valence-corrected chi connectivity index (χ1v) is 10.0. The first kappa shape index (κ1) is 18.8. The van der Waals surface area contributed by atoms with Crippen molar-refractivity contribution in [3.05, 3.63) is 69.2 Å². The summed E-state index contributed by atoms with van der Waals surface area (Å²) >= 11 is 13.6. The van der Waals surface area contributed by atoms with Crippen LogP contribution in [0.2, 0.25) is 10.0 Å². The molecule has 0 fully saturated rings. The van der Waals surface area contributed by atoms with Crippen LogP contribution in [0.4, 0.5) is 0 Å². The second-order valence-corrected chi connectivity index (χ2v) is 7.91. The number of nitrogens with one attached hydrogen (secondary N) is 2. The highest BCUT2D eigenvalue weighted by Crippen LogP contribution is 2.36. The predicted octanol–water partition coefficient (Wildman–Crippen LogP) is 5.11. The molecule has 8 heteroatoms. The van der Waals surface area contributed by atoms with Gasteiger partial charge in [0.05, 0.1) is 5.02 Å². The van der Waals surface area contributed by atoms with Gasteiger partial charge in [0, 0.05) is 33.6 Å². The second-order valence-electron chi connectivity index (χ2n) is 6.05. The summed E-state index contributed by atoms with van der Waals surface area (Å²) < 4.78 is 6.36. The number of amides is 2. The quantitative estimate of drug-likeness (QED) is 0.430. The van der Waals surface area contributed by atoms with Gasteiger partial charge in [-0.05, 0) is 24.3 Å². The third kappa shape index (κ3) is 3.71. The lowest BCUT2D eigenvalue weighted by Gasteiger charge is -2.05. The maximum atomic E-state index is 12.4. The van der Waals surface area contributed by atoms with Crippen LogP contribution in [0.3, 0.4) is 0 Å². The van der Waals surface area contributed by atoms with Gasteiger partial charge in [0.2, 0.25) is 0 Å². The van der Waals surface area contributed by atoms with E-state index in [1.165, 1.54) is 11.3 Å². The Morgan fingerprint density at radius 3 is 2.50 bits per heavy atom. The smallest absolute Gasteiger partial charge is 0.287 e. The van der Waals surface area contributed by atoms with E-state index in [2.05, 4.69) is 10.6 Å². The molecule has 0 saturated heterocycles. The molecule has 28 heavy (non-hydrogen) atoms. The molecule has 4 aromatic rings. The zero-order chi connectivity index (χ0) is 19.7. The van der Waals surface area contributed by atoms with E-state index in [9.17, 15) is 9.59 Å². The third-order valence-corrected chi connectivity index (χ3v) is 6.03. The van der Waals surface area contributed by atoms with Crippen LogP contribution in [0.1, 0.15) is 20.2 Å². The molecule has 0 saturated carbocycles. The number of thiophene rings is 1. The van der Waals surface area contributed by atoms with E-state index in [0.717, 1.165) is 15.5 Å². The van der Waals surface area contributed by atoms with Gasteiger partial charge in [-0.25, -0.2) is 0 Å². The average molecular weight is 433 g/mol. The van der Waals surface area contributed by atoms with E-state index < -0.39 is 0 Å². The Morgan fingerprint density at radius 1 is 0.964 bits per heavy atom. The lowest BCUT2D eigenvalue weighted by atomic mass is 10.2. The number of fused-ring (bicyclic) bond motifs is 2. The zero-order valence-corrected chi connectivity index (χ0v) is 16.8. The van der Waals surface area contributed by atoms with Crippen molar-refractivity contribution in [3.63, 3.8) is 0 Å². The molecule has 2 heterocycles. The molecule has 0 atom stereocenters. The van der Waals surface area contributed by atoms with Crippen molar-refractivity contribution >= 4 is 67.4 Å². The van der Waals surface area contributed by atoms with Gasteiger partial charge in [0.15, 0.2) is 5.76 Å². The minimum Gasteiger partial charge on any atom is -0.451 e. The van der Waals surface area contributed by atoms with Gasteiger partial charge in [-0.1, -0.05) is 47.5 Å². The summed E-state index contributed by atoms with van der Waals surface area (Å²) in [5.74, 6) is -0.391. The molecule has 0 aliphatic carbocycles. The van der Waals surface area contributed by atoms with Crippen LogP contribution in [0.5, 0.6) is 0 Å². The normalized spacial score (nSPS) is 11.1. The third-order valence-electron chi connectivity index (χ3n) is 4.14. The first-order chi connectivity index (χ1) is 13.5. The van der Waals surface area contributed by atoms with Crippen molar-refractivity contribution in [2.45, 2.75) is 0 Å². The van der Waals surface area contributed by atoms with Gasteiger partial charge in [-0.3, -0.25) is 9.59 Å². The van der Waals surface area contributed by atoms with E-state index in [4.69, 9.17) is 27.6 Å². The molecule has 2 N–H and O–H groups in total. The molecule has 2 aromatic carbocycles. The molecular weight excluding hydrogens is 419 g/mol. The van der Waals surface area contributed by atoms with Crippen LogP contribution in [0.15, 0.2) is 52.9 Å². The lowest BCUT2D eigenvalue weighted by molar-refractivity contribution is 0.0913. The molecule has 0 aliphatic heterocycles. The maximum absolute atomic E-state index is 12.4. The average Bonchev–Trinajstić information content (AvgIpc) is 3.26. The van der Waals surface area contributed by atoms with E-state index >= 15 is 0 Å². The fraction of sp³-hybridized carbons (Fsp3) is 0.100. The fourth-order valence-electron chi connectivity index (χ4n) is 2.80. The highest BCUT2D eigenvalue weighted by molar-refractivity contribution is 7.21. The molecule has 0 bridgehead atoms. The van der Waals surface area contributed by atoms with Crippen LogP contribution in [0.25, 0.3) is 21.1 Å². The van der Waals surface area contributed by atoms with Crippen LogP contribution in [-0.4, -0.2) is 24.9 Å². The van der Waals surface area contributed by atoms with Gasteiger partial charge in [-0.2, -0.15) is 0 Å². The molecule has 0 aliphatic rings. The number of rotatable bonds is 5. The van der Waals surface area contributed by atoms with Crippen LogP contribution in [0, 0.1) is 0 Å². The summed E-state index contributed by atoms with van der Waals surface area (Å²) in [6.07, 6.45) is 0. The van der Waals surface area contributed by atoms with E-state index in [1.54, 1.807) is 30.3 Å². The number of hydrogen-bond donors (Lipinski definition) is 2. The number of carbonyl (C=O) groups excluding carboxylic acids is 2. The number of furan rings is 1. The summed E-state index contributed by atoms with van der Waals surface area (Å²) in [6, 6.07) is 14.4. The summed E-state index contributed by atoms with van der Waals surface area (Å²) in [4.78, 5) is 25.0. The van der Waals surface area contributed by atoms with Crippen LogP contribution >= 0.6 is 34.5 Å². The van der Waals surface area contributed by atoms with Crippen molar-refractivity contribution in [1.29, 1.82) is 0 Å². The van der Waals surface area contributed by atoms with Gasteiger partial charge < -0.3 is 15.1 Å². The Labute approximate surface area is 174 Å². The summed E-state index contributed by atoms with van der Waals surface area (Å²) in [5.41, 5.74) is 0.653. The Bertz CT molecular complexity index is 1170. The van der Waals surface area contributed by atoms with Crippen molar-refractivity contribution < 1.29 is 14.0 Å². The number of benzene rings is 2. The summed E-state index contributed by atoms with van der Waals surface area (Å²) in [7, 11) is 0. The molecule has 0 radical (unpaired) electrons. The molecule has 2 amide bonds. The minimum atomic E-state index is -0.333. The largest absolute Gasteiger partial charge is 0.451 e. The van der Waals surface area contributed by atoms with E-state index in [-0.39, 0.29) is 30.7 Å². The Kier molecular flexibility index (Phi) is 5.26. The van der Waals surface area contributed by atoms with Gasteiger partial charge >= 0.3 is 0 Å². The van der Waals surface area contributed by atoms with Crippen molar-refractivity contribution in [2.24, 2.45) is 0 Å². The van der Waals surface area contributed by atoms with E-state index in [0.29, 0.717) is 20.5 Å². The van der Waals surface area contributed by atoms with Crippen molar-refractivity contribution in [3.8, 4) is 0 Å². The first-order valence-electron chi connectivity index (χ1n) is 8.45. The van der Waals surface area contributed by atoms with Gasteiger partial charge in [0.25, 0.3) is 11.8 Å². The number of halogens is 2. The fourth-order valence-corrected chi connectivity index (χ4v) is 4.51. The van der Waals surface area contributed by atoms with E-state index in [1.807, 2.05) is 18.2 Å². The lowest BCUT2D eigenvalue weighted by Crippen LogP contribution is -2.34.